The molecule has 0 aliphatic heterocycles. The molecule has 49 heavy (non-hydrogen) atoms. The number of hydrogen-bond acceptors (Lipinski definition) is 3. The lowest BCUT2D eigenvalue weighted by molar-refractivity contribution is 1.19. The van der Waals surface area contributed by atoms with Gasteiger partial charge in [0.2, 0.25) is 0 Å². The number of fused-ring (bicyclic) bond motifs is 3. The highest BCUT2D eigenvalue weighted by atomic mass is 32.1. The molecule has 0 saturated heterocycles. The van der Waals surface area contributed by atoms with Gasteiger partial charge in [0, 0.05) is 36.9 Å². The van der Waals surface area contributed by atoms with Gasteiger partial charge in [-0.3, -0.25) is 0 Å². The second-order valence-electron chi connectivity index (χ2n) is 12.2. The fourth-order valence-corrected chi connectivity index (χ4v) is 7.87. The molecule has 0 unspecified atom stereocenters. The minimum Gasteiger partial charge on any atom is -0.228 e. The summed E-state index contributed by atoms with van der Waals surface area (Å²) in [5, 5.41) is 2.53. The third kappa shape index (κ3) is 5.61. The van der Waals surface area contributed by atoms with Crippen LogP contribution < -0.4 is 0 Å². The second kappa shape index (κ2) is 12.5. The summed E-state index contributed by atoms with van der Waals surface area (Å²) in [4.78, 5) is 10.6. The Balaban J connectivity index is 1.27. The van der Waals surface area contributed by atoms with Crippen LogP contribution in [0.1, 0.15) is 0 Å². The summed E-state index contributed by atoms with van der Waals surface area (Å²) in [6.07, 6.45) is 0. The zero-order chi connectivity index (χ0) is 32.6. The van der Waals surface area contributed by atoms with Crippen molar-refractivity contribution < 1.29 is 0 Å². The summed E-state index contributed by atoms with van der Waals surface area (Å²) < 4.78 is 2.52. The Morgan fingerprint density at radius 3 is 1.55 bits per heavy atom. The van der Waals surface area contributed by atoms with E-state index in [1.54, 1.807) is 0 Å². The van der Waals surface area contributed by atoms with Crippen molar-refractivity contribution in [1.29, 1.82) is 0 Å². The molecular weight excluding hydrogens is 613 g/mol. The fourth-order valence-electron chi connectivity index (χ4n) is 6.65. The van der Waals surface area contributed by atoms with Gasteiger partial charge in [-0.05, 0) is 69.8 Å². The van der Waals surface area contributed by atoms with E-state index in [0.29, 0.717) is 5.82 Å². The molecule has 230 valence electrons. The number of benzene rings is 7. The third-order valence-electron chi connectivity index (χ3n) is 9.08. The molecule has 0 radical (unpaired) electrons. The lowest BCUT2D eigenvalue weighted by Gasteiger charge is -2.14. The summed E-state index contributed by atoms with van der Waals surface area (Å²) in [5.41, 5.74) is 11.9. The molecule has 7 aromatic carbocycles. The van der Waals surface area contributed by atoms with Crippen molar-refractivity contribution in [1.82, 2.24) is 9.97 Å². The van der Waals surface area contributed by atoms with Crippen LogP contribution in [0.2, 0.25) is 0 Å². The highest BCUT2D eigenvalue weighted by Gasteiger charge is 2.17. The van der Waals surface area contributed by atoms with Gasteiger partial charge in [-0.1, -0.05) is 146 Å². The minimum atomic E-state index is 0.702. The van der Waals surface area contributed by atoms with Crippen LogP contribution in [0, 0.1) is 0 Å². The average Bonchev–Trinajstić information content (AvgIpc) is 3.58. The summed E-state index contributed by atoms with van der Waals surface area (Å²) in [7, 11) is 0. The SMILES string of the molecule is c1ccc(-c2cccc(-c3cc(-c4ccccc4)cc(-c4nc(-c5ccccc5)cc(-c5cccc6c5sc5ccccc56)n4)c3)c2)cc1. The predicted molar refractivity (Wildman–Crippen MR) is 208 cm³/mol. The van der Waals surface area contributed by atoms with Gasteiger partial charge in [0.1, 0.15) is 0 Å². The van der Waals surface area contributed by atoms with Gasteiger partial charge in [-0.2, -0.15) is 0 Å². The van der Waals surface area contributed by atoms with Crippen molar-refractivity contribution in [3.05, 3.63) is 182 Å². The van der Waals surface area contributed by atoms with Crippen molar-refractivity contribution in [2.75, 3.05) is 0 Å². The summed E-state index contributed by atoms with van der Waals surface area (Å²) in [5.74, 6) is 0.702. The van der Waals surface area contributed by atoms with E-state index in [1.807, 2.05) is 17.4 Å². The first-order valence-corrected chi connectivity index (χ1v) is 17.3. The lowest BCUT2D eigenvalue weighted by atomic mass is 9.94. The van der Waals surface area contributed by atoms with Crippen molar-refractivity contribution in [2.24, 2.45) is 0 Å². The number of aromatic nitrogens is 2. The summed E-state index contributed by atoms with van der Waals surface area (Å²) in [6, 6.07) is 64.4. The van der Waals surface area contributed by atoms with Crippen LogP contribution in [-0.4, -0.2) is 9.97 Å². The Labute approximate surface area is 289 Å². The minimum absolute atomic E-state index is 0.702. The van der Waals surface area contributed by atoms with Crippen molar-refractivity contribution in [2.45, 2.75) is 0 Å². The van der Waals surface area contributed by atoms with Gasteiger partial charge < -0.3 is 0 Å². The summed E-state index contributed by atoms with van der Waals surface area (Å²) >= 11 is 1.82. The van der Waals surface area contributed by atoms with E-state index in [9.17, 15) is 0 Å². The molecule has 0 amide bonds. The van der Waals surface area contributed by atoms with E-state index < -0.39 is 0 Å². The van der Waals surface area contributed by atoms with Crippen LogP contribution in [0.15, 0.2) is 182 Å². The Kier molecular flexibility index (Phi) is 7.38. The van der Waals surface area contributed by atoms with E-state index in [0.717, 1.165) is 50.3 Å². The molecule has 2 heterocycles. The van der Waals surface area contributed by atoms with E-state index in [4.69, 9.17) is 9.97 Å². The predicted octanol–water partition coefficient (Wildman–Crippen LogP) is 12.8. The molecular formula is C46H30N2S. The molecule has 0 aliphatic rings. The molecule has 0 atom stereocenters. The molecule has 9 aromatic rings. The third-order valence-corrected chi connectivity index (χ3v) is 10.3. The molecule has 9 rings (SSSR count). The van der Waals surface area contributed by atoms with Gasteiger partial charge in [0.05, 0.1) is 11.4 Å². The average molecular weight is 643 g/mol. The topological polar surface area (TPSA) is 25.8 Å². The molecule has 0 fully saturated rings. The molecule has 0 saturated carbocycles. The first kappa shape index (κ1) is 29.0. The maximum absolute atomic E-state index is 5.35. The molecule has 2 aromatic heterocycles. The summed E-state index contributed by atoms with van der Waals surface area (Å²) in [6.45, 7) is 0. The van der Waals surface area contributed by atoms with Gasteiger partial charge in [0.25, 0.3) is 0 Å². The smallest absolute Gasteiger partial charge is 0.160 e. The van der Waals surface area contributed by atoms with Crippen LogP contribution in [0.5, 0.6) is 0 Å². The number of nitrogens with zero attached hydrogens (tertiary/aromatic N) is 2. The maximum Gasteiger partial charge on any atom is 0.160 e. The Morgan fingerprint density at radius 1 is 0.327 bits per heavy atom. The first-order valence-electron chi connectivity index (χ1n) is 16.5. The van der Waals surface area contributed by atoms with Crippen LogP contribution in [0.3, 0.4) is 0 Å². The largest absolute Gasteiger partial charge is 0.228 e. The first-order chi connectivity index (χ1) is 24.3. The molecule has 0 aliphatic carbocycles. The van der Waals surface area contributed by atoms with Gasteiger partial charge in [0.15, 0.2) is 5.82 Å². The maximum atomic E-state index is 5.35. The van der Waals surface area contributed by atoms with E-state index in [-0.39, 0.29) is 0 Å². The Morgan fingerprint density at radius 2 is 0.816 bits per heavy atom. The second-order valence-corrected chi connectivity index (χ2v) is 13.3. The lowest BCUT2D eigenvalue weighted by Crippen LogP contribution is -1.97. The van der Waals surface area contributed by atoms with Crippen LogP contribution in [0.25, 0.3) is 87.5 Å². The number of hydrogen-bond donors (Lipinski definition) is 0. The van der Waals surface area contributed by atoms with Gasteiger partial charge in [-0.25, -0.2) is 9.97 Å². The molecule has 3 heteroatoms. The molecule has 2 nitrogen and oxygen atoms in total. The Hall–Kier alpha value is -6.16. The normalized spacial score (nSPS) is 11.3. The van der Waals surface area contributed by atoms with Gasteiger partial charge in [-0.15, -0.1) is 11.3 Å². The van der Waals surface area contributed by atoms with Crippen molar-refractivity contribution in [3.63, 3.8) is 0 Å². The molecule has 0 spiro atoms. The van der Waals surface area contributed by atoms with Crippen LogP contribution >= 0.6 is 11.3 Å². The highest BCUT2D eigenvalue weighted by molar-refractivity contribution is 7.26. The monoisotopic (exact) mass is 642 g/mol. The highest BCUT2D eigenvalue weighted by Crippen LogP contribution is 2.41. The number of thiophene rings is 1. The van der Waals surface area contributed by atoms with Crippen LogP contribution in [-0.2, 0) is 0 Å². The fraction of sp³-hybridized carbons (Fsp3) is 0. The Bertz CT molecular complexity index is 2590. The standard InChI is InChI=1S/C46H30N2S/c1-4-14-31(15-5-1)34-20-12-21-35(26-34)37-27-36(32-16-6-2-7-17-32)28-38(29-37)46-47-42(33-18-8-3-9-19-33)30-43(48-46)41-24-13-23-40-39-22-10-11-25-44(39)49-45(40)41/h1-30H. The van der Waals surface area contributed by atoms with E-state index in [1.165, 1.54) is 31.3 Å². The zero-order valence-corrected chi connectivity index (χ0v) is 27.4. The van der Waals surface area contributed by atoms with Gasteiger partial charge >= 0.3 is 0 Å². The molecule has 0 bridgehead atoms. The quantitative estimate of drug-likeness (QED) is 0.180. The zero-order valence-electron chi connectivity index (χ0n) is 26.6. The van der Waals surface area contributed by atoms with Crippen molar-refractivity contribution >= 4 is 31.5 Å². The molecule has 0 N–H and O–H groups in total. The van der Waals surface area contributed by atoms with E-state index >= 15 is 0 Å². The van der Waals surface area contributed by atoms with E-state index in [2.05, 4.69) is 176 Å². The number of rotatable bonds is 6. The van der Waals surface area contributed by atoms with Crippen molar-refractivity contribution in [3.8, 4) is 67.3 Å². The van der Waals surface area contributed by atoms with Crippen LogP contribution in [0.4, 0.5) is 0 Å².